The van der Waals surface area contributed by atoms with Gasteiger partial charge in [0.2, 0.25) is 5.95 Å². The van der Waals surface area contributed by atoms with Crippen molar-refractivity contribution in [3.8, 4) is 0 Å². The maximum absolute atomic E-state index is 4.45. The quantitative estimate of drug-likeness (QED) is 0.406. The molecule has 0 aromatic carbocycles. The number of hydrogen-bond acceptors (Lipinski definition) is 7. The first-order chi connectivity index (χ1) is 10.9. The average Bonchev–Trinajstić information content (AvgIpc) is 3.04. The molecular weight excluding hydrogens is 298 g/mol. The first-order valence-electron chi connectivity index (χ1n) is 7.20. The smallest absolute Gasteiger partial charge is 0.253 e. The fraction of sp³-hybridized carbons (Fsp3) is 0.357. The van der Waals surface area contributed by atoms with Gasteiger partial charge in [0.15, 0.2) is 0 Å². The van der Waals surface area contributed by atoms with E-state index in [9.17, 15) is 0 Å². The van der Waals surface area contributed by atoms with E-state index >= 15 is 0 Å². The lowest BCUT2D eigenvalue weighted by Gasteiger charge is -2.06. The number of fused-ring (bicyclic) bond motifs is 1. The van der Waals surface area contributed by atoms with Gasteiger partial charge in [-0.3, -0.25) is 0 Å². The maximum Gasteiger partial charge on any atom is 0.253 e. The molecule has 3 aromatic heterocycles. The van der Waals surface area contributed by atoms with Gasteiger partial charge in [0.25, 0.3) is 5.78 Å². The van der Waals surface area contributed by atoms with Gasteiger partial charge >= 0.3 is 0 Å². The Morgan fingerprint density at radius 2 is 2.09 bits per heavy atom. The summed E-state index contributed by atoms with van der Waals surface area (Å²) in [6.45, 7) is 2.93. The monoisotopic (exact) mass is 315 g/mol. The third-order valence-electron chi connectivity index (χ3n) is 3.05. The van der Waals surface area contributed by atoms with Crippen molar-refractivity contribution in [3.05, 3.63) is 36.5 Å². The van der Waals surface area contributed by atoms with Crippen LogP contribution in [0, 0.1) is 0 Å². The third kappa shape index (κ3) is 3.51. The summed E-state index contributed by atoms with van der Waals surface area (Å²) in [7, 11) is 0. The molecular formula is C14H17N7S. The summed E-state index contributed by atoms with van der Waals surface area (Å²) in [5, 5.41) is 8.51. The molecule has 0 saturated heterocycles. The lowest BCUT2D eigenvalue weighted by atomic mass is 10.3. The zero-order chi connectivity index (χ0) is 15.2. The zero-order valence-corrected chi connectivity index (χ0v) is 13.1. The largest absolute Gasteiger partial charge is 0.354 e. The molecule has 22 heavy (non-hydrogen) atoms. The van der Waals surface area contributed by atoms with E-state index in [-0.39, 0.29) is 0 Å². The standard InChI is InChI=1S/C14H17N7S/c1-2-11-9-12(21-14(20-11)18-10-19-21)22-8-4-7-17-13-15-5-3-6-16-13/h3,5-6,9-10H,2,4,7-8H2,1H3,(H,15,16,17). The van der Waals surface area contributed by atoms with E-state index in [1.165, 1.54) is 0 Å². The van der Waals surface area contributed by atoms with Gasteiger partial charge in [0.05, 0.1) is 0 Å². The van der Waals surface area contributed by atoms with Crippen LogP contribution < -0.4 is 5.32 Å². The van der Waals surface area contributed by atoms with Crippen LogP contribution in [0.25, 0.3) is 5.78 Å². The van der Waals surface area contributed by atoms with Gasteiger partial charge in [0.1, 0.15) is 11.4 Å². The Morgan fingerprint density at radius 1 is 1.23 bits per heavy atom. The number of hydrogen-bond donors (Lipinski definition) is 1. The topological polar surface area (TPSA) is 80.9 Å². The van der Waals surface area contributed by atoms with Gasteiger partial charge in [-0.25, -0.2) is 15.0 Å². The molecule has 3 rings (SSSR count). The number of anilines is 1. The van der Waals surface area contributed by atoms with Crippen molar-refractivity contribution in [2.24, 2.45) is 0 Å². The summed E-state index contributed by atoms with van der Waals surface area (Å²) in [5.74, 6) is 2.31. The predicted molar refractivity (Wildman–Crippen MR) is 86.0 cm³/mol. The van der Waals surface area contributed by atoms with Gasteiger partial charge in [0, 0.05) is 30.4 Å². The van der Waals surface area contributed by atoms with Crippen LogP contribution >= 0.6 is 11.8 Å². The summed E-state index contributed by atoms with van der Waals surface area (Å²) in [5.41, 5.74) is 1.04. The van der Waals surface area contributed by atoms with Crippen molar-refractivity contribution in [3.63, 3.8) is 0 Å². The van der Waals surface area contributed by atoms with E-state index in [0.717, 1.165) is 35.9 Å². The molecule has 8 heteroatoms. The molecule has 0 saturated carbocycles. The molecule has 0 unspecified atom stereocenters. The molecule has 0 fully saturated rings. The normalized spacial score (nSPS) is 11.0. The summed E-state index contributed by atoms with van der Waals surface area (Å²) in [6, 6.07) is 3.89. The van der Waals surface area contributed by atoms with E-state index in [1.807, 2.05) is 0 Å². The van der Waals surface area contributed by atoms with E-state index in [0.29, 0.717) is 11.7 Å². The summed E-state index contributed by atoms with van der Waals surface area (Å²) < 4.78 is 1.79. The van der Waals surface area contributed by atoms with Crippen molar-refractivity contribution >= 4 is 23.5 Å². The van der Waals surface area contributed by atoms with Crippen LogP contribution in [0.5, 0.6) is 0 Å². The van der Waals surface area contributed by atoms with E-state index in [4.69, 9.17) is 0 Å². The second-order valence-corrected chi connectivity index (χ2v) is 5.73. The second-order valence-electron chi connectivity index (χ2n) is 4.61. The Morgan fingerprint density at radius 3 is 2.91 bits per heavy atom. The van der Waals surface area contributed by atoms with Gasteiger partial charge < -0.3 is 5.32 Å². The Labute approximate surface area is 132 Å². The van der Waals surface area contributed by atoms with Crippen LogP contribution in [-0.2, 0) is 6.42 Å². The molecule has 3 heterocycles. The highest BCUT2D eigenvalue weighted by Gasteiger charge is 2.07. The average molecular weight is 315 g/mol. The van der Waals surface area contributed by atoms with Crippen LogP contribution in [0.4, 0.5) is 5.95 Å². The lowest BCUT2D eigenvalue weighted by Crippen LogP contribution is -2.06. The first kappa shape index (κ1) is 14.7. The molecule has 7 nitrogen and oxygen atoms in total. The van der Waals surface area contributed by atoms with Gasteiger partial charge in [-0.05, 0) is 25.0 Å². The molecule has 3 aromatic rings. The maximum atomic E-state index is 4.45. The van der Waals surface area contributed by atoms with E-state index in [1.54, 1.807) is 41.1 Å². The Hall–Kier alpha value is -2.22. The fourth-order valence-corrected chi connectivity index (χ4v) is 2.92. The fourth-order valence-electron chi connectivity index (χ4n) is 1.95. The molecule has 0 aliphatic carbocycles. The zero-order valence-electron chi connectivity index (χ0n) is 12.3. The van der Waals surface area contributed by atoms with Crippen molar-refractivity contribution in [1.82, 2.24) is 29.5 Å². The van der Waals surface area contributed by atoms with E-state index in [2.05, 4.69) is 43.3 Å². The number of thioether (sulfide) groups is 1. The Bertz CT molecular complexity index is 728. The molecule has 0 bridgehead atoms. The predicted octanol–water partition coefficient (Wildman–Crippen LogP) is 2.07. The molecule has 0 atom stereocenters. The van der Waals surface area contributed by atoms with Crippen LogP contribution in [0.3, 0.4) is 0 Å². The van der Waals surface area contributed by atoms with Crippen LogP contribution in [-0.4, -0.2) is 41.8 Å². The highest BCUT2D eigenvalue weighted by Crippen LogP contribution is 2.20. The number of aromatic nitrogens is 6. The van der Waals surface area contributed by atoms with Crippen molar-refractivity contribution in [2.45, 2.75) is 24.8 Å². The molecule has 0 aliphatic rings. The van der Waals surface area contributed by atoms with Crippen LogP contribution in [0.2, 0.25) is 0 Å². The molecule has 0 amide bonds. The highest BCUT2D eigenvalue weighted by atomic mass is 32.2. The van der Waals surface area contributed by atoms with Crippen LogP contribution in [0.1, 0.15) is 19.0 Å². The van der Waals surface area contributed by atoms with Crippen molar-refractivity contribution in [1.29, 1.82) is 0 Å². The lowest BCUT2D eigenvalue weighted by molar-refractivity contribution is 0.821. The van der Waals surface area contributed by atoms with Crippen LogP contribution in [0.15, 0.2) is 35.9 Å². The molecule has 0 aliphatic heterocycles. The molecule has 114 valence electrons. The summed E-state index contributed by atoms with van der Waals surface area (Å²) in [4.78, 5) is 16.9. The minimum Gasteiger partial charge on any atom is -0.354 e. The molecule has 0 spiro atoms. The van der Waals surface area contributed by atoms with Gasteiger partial charge in [-0.15, -0.1) is 11.8 Å². The Kier molecular flexibility index (Phi) is 4.79. The Balaban J connectivity index is 1.54. The van der Waals surface area contributed by atoms with Gasteiger partial charge in [-0.1, -0.05) is 6.92 Å². The molecule has 0 radical (unpaired) electrons. The number of nitrogens with zero attached hydrogens (tertiary/aromatic N) is 6. The minimum absolute atomic E-state index is 0.665. The highest BCUT2D eigenvalue weighted by molar-refractivity contribution is 7.99. The SMILES string of the molecule is CCc1cc(SCCCNc2ncccn2)n2ncnc2n1. The molecule has 1 N–H and O–H groups in total. The number of nitrogens with one attached hydrogen (secondary N) is 1. The first-order valence-corrected chi connectivity index (χ1v) is 8.18. The van der Waals surface area contributed by atoms with E-state index < -0.39 is 0 Å². The van der Waals surface area contributed by atoms with Gasteiger partial charge in [-0.2, -0.15) is 14.6 Å². The number of aryl methyl sites for hydroxylation is 1. The van der Waals surface area contributed by atoms with Crippen molar-refractivity contribution in [2.75, 3.05) is 17.6 Å². The minimum atomic E-state index is 0.665. The third-order valence-corrected chi connectivity index (χ3v) is 4.13. The summed E-state index contributed by atoms with van der Waals surface area (Å²) in [6.07, 6.45) is 6.90. The summed E-state index contributed by atoms with van der Waals surface area (Å²) >= 11 is 1.76. The van der Waals surface area contributed by atoms with Crippen molar-refractivity contribution < 1.29 is 0 Å². The second kappa shape index (κ2) is 7.17. The number of rotatable bonds is 7.